The molecule has 0 aliphatic rings. The van der Waals surface area contributed by atoms with E-state index >= 15 is 0 Å². The van der Waals surface area contributed by atoms with E-state index in [9.17, 15) is 4.79 Å². The summed E-state index contributed by atoms with van der Waals surface area (Å²) in [5, 5.41) is 4.44. The normalized spacial score (nSPS) is 11.4. The molecule has 3 aromatic carbocycles. The Balaban J connectivity index is 1.64. The van der Waals surface area contributed by atoms with E-state index in [0.29, 0.717) is 12.2 Å². The molecule has 1 N–H and O–H groups in total. The molecular formula is C28H32N2O2. The number of carbonyl (C=O) groups is 1. The van der Waals surface area contributed by atoms with Crippen LogP contribution in [0.2, 0.25) is 0 Å². The number of ether oxygens (including phenoxy) is 1. The van der Waals surface area contributed by atoms with Gasteiger partial charge in [-0.05, 0) is 48.7 Å². The first kappa shape index (κ1) is 23.3. The highest BCUT2D eigenvalue weighted by molar-refractivity contribution is 5.97. The molecule has 0 unspecified atom stereocenters. The van der Waals surface area contributed by atoms with Gasteiger partial charge in [0.2, 0.25) is 0 Å². The minimum atomic E-state index is -0.237. The molecule has 1 amide bonds. The molecule has 4 heteroatoms. The summed E-state index contributed by atoms with van der Waals surface area (Å²) in [6.07, 6.45) is 4.68. The lowest BCUT2D eigenvalue weighted by Crippen LogP contribution is -2.21. The third-order valence-electron chi connectivity index (χ3n) is 5.40. The highest BCUT2D eigenvalue weighted by atomic mass is 16.5. The van der Waals surface area contributed by atoms with Gasteiger partial charge in [-0.25, -0.2) is 5.43 Å². The maximum atomic E-state index is 12.6. The number of nitrogens with zero attached hydrogens (tertiary/aromatic N) is 1. The van der Waals surface area contributed by atoms with Gasteiger partial charge in [0.1, 0.15) is 5.75 Å². The molecule has 0 fully saturated rings. The summed E-state index contributed by atoms with van der Waals surface area (Å²) in [6, 6.07) is 27.6. The molecule has 3 rings (SSSR count). The van der Waals surface area contributed by atoms with Crippen LogP contribution in [0.4, 0.5) is 0 Å². The van der Waals surface area contributed by atoms with Gasteiger partial charge in [-0.15, -0.1) is 0 Å². The molecule has 0 heterocycles. The third kappa shape index (κ3) is 6.81. The van der Waals surface area contributed by atoms with Crippen molar-refractivity contribution in [2.24, 2.45) is 5.10 Å². The predicted octanol–water partition coefficient (Wildman–Crippen LogP) is 6.58. The monoisotopic (exact) mass is 428 g/mol. The lowest BCUT2D eigenvalue weighted by atomic mass is 9.88. The van der Waals surface area contributed by atoms with Crippen LogP contribution < -0.4 is 10.2 Å². The second kappa shape index (κ2) is 12.5. The first-order valence-electron chi connectivity index (χ1n) is 11.4. The summed E-state index contributed by atoms with van der Waals surface area (Å²) in [7, 11) is 0. The molecule has 0 saturated heterocycles. The van der Waals surface area contributed by atoms with Crippen molar-refractivity contribution in [1.29, 1.82) is 0 Å². The first-order chi connectivity index (χ1) is 15.7. The third-order valence-corrected chi connectivity index (χ3v) is 5.40. The average Bonchev–Trinajstić information content (AvgIpc) is 2.84. The van der Waals surface area contributed by atoms with Gasteiger partial charge in [0.05, 0.1) is 6.61 Å². The van der Waals surface area contributed by atoms with Gasteiger partial charge in [-0.2, -0.15) is 5.10 Å². The second-order valence-corrected chi connectivity index (χ2v) is 7.88. The van der Waals surface area contributed by atoms with E-state index < -0.39 is 0 Å². The number of unbranched alkanes of at least 4 members (excludes halogenated alkanes) is 3. The zero-order valence-electron chi connectivity index (χ0n) is 19.0. The number of hydrogen-bond acceptors (Lipinski definition) is 3. The quantitative estimate of drug-likeness (QED) is 0.213. The highest BCUT2D eigenvalue weighted by Crippen LogP contribution is 2.26. The van der Waals surface area contributed by atoms with Gasteiger partial charge in [0.25, 0.3) is 5.91 Å². The Bertz CT molecular complexity index is 943. The van der Waals surface area contributed by atoms with Gasteiger partial charge in [0.15, 0.2) is 0 Å². The molecule has 3 aromatic rings. The minimum Gasteiger partial charge on any atom is -0.494 e. The number of benzene rings is 3. The first-order valence-corrected chi connectivity index (χ1v) is 11.4. The van der Waals surface area contributed by atoms with E-state index in [0.717, 1.165) is 29.0 Å². The lowest BCUT2D eigenvalue weighted by molar-refractivity contribution is 0.0954. The number of hydrogen-bond donors (Lipinski definition) is 1. The summed E-state index contributed by atoms with van der Waals surface area (Å²) in [5.74, 6) is 0.519. The van der Waals surface area contributed by atoms with Crippen LogP contribution >= 0.6 is 0 Å². The molecule has 0 bridgehead atoms. The second-order valence-electron chi connectivity index (χ2n) is 7.88. The molecule has 0 aliphatic heterocycles. The Morgan fingerprint density at radius 3 is 2.00 bits per heavy atom. The van der Waals surface area contributed by atoms with Crippen LogP contribution in [0.15, 0.2) is 90.0 Å². The molecule has 0 radical (unpaired) electrons. The van der Waals surface area contributed by atoms with E-state index in [1.54, 1.807) is 12.1 Å². The molecular weight excluding hydrogens is 396 g/mol. The average molecular weight is 429 g/mol. The van der Waals surface area contributed by atoms with Gasteiger partial charge in [-0.3, -0.25) is 4.79 Å². The molecule has 0 aromatic heterocycles. The molecule has 0 saturated carbocycles. The number of amides is 1. The summed E-state index contributed by atoms with van der Waals surface area (Å²) in [4.78, 5) is 12.6. The predicted molar refractivity (Wildman–Crippen MR) is 131 cm³/mol. The summed E-state index contributed by atoms with van der Waals surface area (Å²) < 4.78 is 5.76. The standard InChI is InChI=1S/C28H32N2O2/c1-3-4-5-12-21-32-26-19-17-25(18-20-26)28(31)30-29-22(2)27(23-13-8-6-9-14-23)24-15-10-7-11-16-24/h6-11,13-20,27H,3-5,12,21H2,1-2H3,(H,30,31)/b29-22+. The van der Waals surface area contributed by atoms with Crippen molar-refractivity contribution >= 4 is 11.6 Å². The zero-order chi connectivity index (χ0) is 22.6. The van der Waals surface area contributed by atoms with Gasteiger partial charge in [-0.1, -0.05) is 86.8 Å². The van der Waals surface area contributed by atoms with Crippen LogP contribution in [-0.4, -0.2) is 18.2 Å². The van der Waals surface area contributed by atoms with Crippen molar-refractivity contribution in [1.82, 2.24) is 5.43 Å². The molecule has 4 nitrogen and oxygen atoms in total. The van der Waals surface area contributed by atoms with Crippen LogP contribution in [0.3, 0.4) is 0 Å². The fraction of sp³-hybridized carbons (Fsp3) is 0.286. The van der Waals surface area contributed by atoms with E-state index in [2.05, 4.69) is 41.7 Å². The Morgan fingerprint density at radius 1 is 0.844 bits per heavy atom. The Kier molecular flexibility index (Phi) is 9.05. The molecule has 0 aliphatic carbocycles. The maximum Gasteiger partial charge on any atom is 0.271 e. The lowest BCUT2D eigenvalue weighted by Gasteiger charge is -2.18. The topological polar surface area (TPSA) is 50.7 Å². The highest BCUT2D eigenvalue weighted by Gasteiger charge is 2.17. The van der Waals surface area contributed by atoms with E-state index in [1.165, 1.54) is 19.3 Å². The molecule has 0 spiro atoms. The molecule has 0 atom stereocenters. The SMILES string of the molecule is CCCCCCOc1ccc(C(=O)N/N=C(\C)C(c2ccccc2)c2ccccc2)cc1. The Hall–Kier alpha value is -3.40. The number of rotatable bonds is 11. The summed E-state index contributed by atoms with van der Waals surface area (Å²) >= 11 is 0. The fourth-order valence-corrected chi connectivity index (χ4v) is 3.66. The Labute approximate surface area is 191 Å². The van der Waals surface area contributed by atoms with Crippen LogP contribution in [-0.2, 0) is 0 Å². The van der Waals surface area contributed by atoms with Crippen molar-refractivity contribution < 1.29 is 9.53 Å². The van der Waals surface area contributed by atoms with Crippen LogP contribution in [0.25, 0.3) is 0 Å². The van der Waals surface area contributed by atoms with Crippen LogP contribution in [0.5, 0.6) is 5.75 Å². The van der Waals surface area contributed by atoms with E-state index in [4.69, 9.17) is 4.74 Å². The van der Waals surface area contributed by atoms with Gasteiger partial charge < -0.3 is 4.74 Å². The largest absolute Gasteiger partial charge is 0.494 e. The van der Waals surface area contributed by atoms with Crippen molar-refractivity contribution in [3.63, 3.8) is 0 Å². The molecule has 32 heavy (non-hydrogen) atoms. The Morgan fingerprint density at radius 2 is 1.44 bits per heavy atom. The van der Waals surface area contributed by atoms with Gasteiger partial charge >= 0.3 is 0 Å². The van der Waals surface area contributed by atoms with E-state index in [1.807, 2.05) is 55.5 Å². The van der Waals surface area contributed by atoms with Crippen LogP contribution in [0.1, 0.15) is 66.9 Å². The van der Waals surface area contributed by atoms with Gasteiger partial charge in [0, 0.05) is 17.2 Å². The minimum absolute atomic E-state index is 0.0267. The number of hydrazone groups is 1. The fourth-order valence-electron chi connectivity index (χ4n) is 3.66. The van der Waals surface area contributed by atoms with Crippen molar-refractivity contribution in [3.8, 4) is 5.75 Å². The van der Waals surface area contributed by atoms with Crippen LogP contribution in [0, 0.1) is 0 Å². The maximum absolute atomic E-state index is 12.6. The summed E-state index contributed by atoms with van der Waals surface area (Å²) in [5.41, 5.74) is 6.35. The van der Waals surface area contributed by atoms with Crippen molar-refractivity contribution in [2.45, 2.75) is 45.4 Å². The van der Waals surface area contributed by atoms with Crippen molar-refractivity contribution in [3.05, 3.63) is 102 Å². The number of carbonyl (C=O) groups excluding carboxylic acids is 1. The summed E-state index contributed by atoms with van der Waals surface area (Å²) in [6.45, 7) is 4.84. The molecule has 166 valence electrons. The van der Waals surface area contributed by atoms with Crippen molar-refractivity contribution in [2.75, 3.05) is 6.61 Å². The number of nitrogens with one attached hydrogen (secondary N) is 1. The smallest absolute Gasteiger partial charge is 0.271 e. The zero-order valence-corrected chi connectivity index (χ0v) is 19.0. The van der Waals surface area contributed by atoms with E-state index in [-0.39, 0.29) is 11.8 Å².